The molecule has 1 saturated heterocycles. The van der Waals surface area contributed by atoms with E-state index in [1.165, 1.54) is 0 Å². The monoisotopic (exact) mass is 430 g/mol. The van der Waals surface area contributed by atoms with Crippen LogP contribution in [-0.4, -0.2) is 52.5 Å². The first-order valence-electron chi connectivity index (χ1n) is 11.8. The van der Waals surface area contributed by atoms with Crippen LogP contribution in [0.25, 0.3) is 0 Å². The number of rotatable bonds is 4. The number of carbonyl (C=O) groups is 2. The van der Waals surface area contributed by atoms with E-state index in [0.717, 1.165) is 24.8 Å². The summed E-state index contributed by atoms with van der Waals surface area (Å²) in [5.41, 5.74) is -1.05. The minimum Gasteiger partial charge on any atom is -0.393 e. The van der Waals surface area contributed by atoms with E-state index in [-0.39, 0.29) is 34.7 Å². The van der Waals surface area contributed by atoms with Crippen LogP contribution in [0.15, 0.2) is 23.8 Å². The van der Waals surface area contributed by atoms with Crippen molar-refractivity contribution in [2.45, 2.75) is 83.4 Å². The summed E-state index contributed by atoms with van der Waals surface area (Å²) in [6.45, 7) is 5.67. The molecular weight excluding hydrogens is 396 g/mol. The van der Waals surface area contributed by atoms with Crippen molar-refractivity contribution in [2.75, 3.05) is 6.61 Å². The van der Waals surface area contributed by atoms with Gasteiger partial charge in [-0.1, -0.05) is 38.8 Å². The second-order valence-electron chi connectivity index (χ2n) is 10.7. The normalized spacial score (nSPS) is 50.4. The van der Waals surface area contributed by atoms with Crippen LogP contribution in [0.1, 0.15) is 59.3 Å². The van der Waals surface area contributed by atoms with Gasteiger partial charge in [-0.2, -0.15) is 0 Å². The van der Waals surface area contributed by atoms with Gasteiger partial charge < -0.3 is 19.7 Å². The van der Waals surface area contributed by atoms with Gasteiger partial charge in [0.25, 0.3) is 0 Å². The average Bonchev–Trinajstić information content (AvgIpc) is 3.20. The Labute approximate surface area is 183 Å². The first-order valence-corrected chi connectivity index (χ1v) is 11.8. The van der Waals surface area contributed by atoms with Gasteiger partial charge in [0.05, 0.1) is 12.2 Å². The molecule has 2 N–H and O–H groups in total. The number of aliphatic hydroxyl groups excluding tert-OH is 2. The van der Waals surface area contributed by atoms with Crippen molar-refractivity contribution in [3.05, 3.63) is 23.8 Å². The summed E-state index contributed by atoms with van der Waals surface area (Å²) in [6, 6.07) is 0. The minimum atomic E-state index is -1.20. The molecule has 0 spiro atoms. The van der Waals surface area contributed by atoms with Crippen molar-refractivity contribution in [1.82, 2.24) is 0 Å². The first-order chi connectivity index (χ1) is 14.7. The SMILES string of the molecule is CCCC1O[C@@H]2C[C@H]3[C@@H]4CCC5=CC(=O)C=C[C@]5(C)[C@@H]4[C@@H](O)C[C@]3(C)[C@]2(C(=O)CO)O1. The van der Waals surface area contributed by atoms with Crippen LogP contribution in [0.2, 0.25) is 0 Å². The molecule has 1 heterocycles. The molecule has 1 unspecified atom stereocenters. The third-order valence-corrected chi connectivity index (χ3v) is 9.37. The van der Waals surface area contributed by atoms with Gasteiger partial charge in [0, 0.05) is 16.7 Å². The van der Waals surface area contributed by atoms with Crippen LogP contribution in [0.3, 0.4) is 0 Å². The van der Waals surface area contributed by atoms with E-state index in [0.29, 0.717) is 19.3 Å². The minimum absolute atomic E-state index is 0.0125. The molecule has 6 nitrogen and oxygen atoms in total. The summed E-state index contributed by atoms with van der Waals surface area (Å²) in [5.74, 6) is 0.0274. The molecule has 6 heteroatoms. The van der Waals surface area contributed by atoms with Gasteiger partial charge in [0.15, 0.2) is 23.5 Å². The van der Waals surface area contributed by atoms with Crippen molar-refractivity contribution >= 4 is 11.6 Å². The zero-order valence-corrected chi connectivity index (χ0v) is 18.7. The molecule has 0 amide bonds. The molecule has 170 valence electrons. The number of ketones is 2. The molecule has 0 aromatic carbocycles. The average molecular weight is 431 g/mol. The van der Waals surface area contributed by atoms with Crippen LogP contribution in [-0.2, 0) is 19.1 Å². The highest BCUT2D eigenvalue weighted by molar-refractivity contribution is 6.01. The van der Waals surface area contributed by atoms with E-state index in [9.17, 15) is 19.8 Å². The standard InChI is InChI=1S/C25H34O6/c1-4-5-21-30-20-11-17-16-7-6-14-10-15(27)8-9-23(14,2)22(16)18(28)12-24(17,3)25(20,31-21)19(29)13-26/h8-10,16-18,20-22,26,28H,4-7,11-13H2,1-3H3/t16-,17-,18-,20+,21?,22-,23-,24-,25+/m0/s1. The highest BCUT2D eigenvalue weighted by Crippen LogP contribution is 2.69. The zero-order chi connectivity index (χ0) is 22.2. The second kappa shape index (κ2) is 7.08. The summed E-state index contributed by atoms with van der Waals surface area (Å²) >= 11 is 0. The zero-order valence-electron chi connectivity index (χ0n) is 18.7. The maximum absolute atomic E-state index is 13.2. The summed E-state index contributed by atoms with van der Waals surface area (Å²) in [6.07, 6.45) is 8.31. The number of carbonyl (C=O) groups excluding carboxylic acids is 2. The van der Waals surface area contributed by atoms with E-state index < -0.39 is 36.1 Å². The third kappa shape index (κ3) is 2.65. The lowest BCUT2D eigenvalue weighted by Gasteiger charge is -2.59. The molecule has 5 rings (SSSR count). The van der Waals surface area contributed by atoms with Crippen molar-refractivity contribution in [3.8, 4) is 0 Å². The Balaban J connectivity index is 1.55. The van der Waals surface area contributed by atoms with Crippen molar-refractivity contribution in [2.24, 2.45) is 28.6 Å². The van der Waals surface area contributed by atoms with Gasteiger partial charge in [-0.05, 0) is 56.1 Å². The molecule has 31 heavy (non-hydrogen) atoms. The van der Waals surface area contributed by atoms with E-state index in [1.54, 1.807) is 12.2 Å². The number of hydrogen-bond acceptors (Lipinski definition) is 6. The molecule has 1 aliphatic heterocycles. The van der Waals surface area contributed by atoms with Crippen LogP contribution in [0, 0.1) is 28.6 Å². The fourth-order valence-electron chi connectivity index (χ4n) is 8.12. The molecule has 5 aliphatic rings. The van der Waals surface area contributed by atoms with Gasteiger partial charge in [0.1, 0.15) is 6.61 Å². The summed E-state index contributed by atoms with van der Waals surface area (Å²) in [7, 11) is 0. The Morgan fingerprint density at radius 2 is 2.10 bits per heavy atom. The smallest absolute Gasteiger partial charge is 0.193 e. The maximum Gasteiger partial charge on any atom is 0.193 e. The predicted octanol–water partition coefficient (Wildman–Crippen LogP) is 2.72. The molecule has 9 atom stereocenters. The van der Waals surface area contributed by atoms with Crippen molar-refractivity contribution < 1.29 is 29.3 Å². The summed E-state index contributed by atoms with van der Waals surface area (Å²) in [5, 5.41) is 21.4. The van der Waals surface area contributed by atoms with Gasteiger partial charge in [0.2, 0.25) is 0 Å². The Hall–Kier alpha value is -1.34. The Bertz CT molecular complexity index is 862. The fourth-order valence-corrected chi connectivity index (χ4v) is 8.12. The topological polar surface area (TPSA) is 93.1 Å². The predicted molar refractivity (Wildman–Crippen MR) is 113 cm³/mol. The lowest BCUT2D eigenvalue weighted by atomic mass is 9.46. The summed E-state index contributed by atoms with van der Waals surface area (Å²) in [4.78, 5) is 25.2. The molecule has 3 saturated carbocycles. The number of fused-ring (bicyclic) bond motifs is 7. The van der Waals surface area contributed by atoms with Crippen molar-refractivity contribution in [3.63, 3.8) is 0 Å². The van der Waals surface area contributed by atoms with Gasteiger partial charge >= 0.3 is 0 Å². The van der Waals surface area contributed by atoms with E-state index in [1.807, 2.05) is 6.08 Å². The van der Waals surface area contributed by atoms with Gasteiger partial charge in [-0.25, -0.2) is 0 Å². The number of aliphatic hydroxyl groups is 2. The molecule has 0 radical (unpaired) electrons. The number of ether oxygens (including phenoxy) is 2. The van der Waals surface area contributed by atoms with Gasteiger partial charge in [-0.15, -0.1) is 0 Å². The molecule has 4 fully saturated rings. The molecule has 0 aromatic rings. The second-order valence-corrected chi connectivity index (χ2v) is 10.7. The first kappa shape index (κ1) is 21.5. The quantitative estimate of drug-likeness (QED) is 0.712. The Kier molecular flexibility index (Phi) is 4.91. The molecule has 0 bridgehead atoms. The lowest BCUT2D eigenvalue weighted by Crippen LogP contribution is -2.63. The lowest BCUT2D eigenvalue weighted by molar-refractivity contribution is -0.200. The summed E-state index contributed by atoms with van der Waals surface area (Å²) < 4.78 is 12.7. The third-order valence-electron chi connectivity index (χ3n) is 9.37. The number of allylic oxidation sites excluding steroid dienone is 4. The van der Waals surface area contributed by atoms with E-state index >= 15 is 0 Å². The van der Waals surface area contributed by atoms with Crippen LogP contribution in [0.4, 0.5) is 0 Å². The van der Waals surface area contributed by atoms with Crippen molar-refractivity contribution in [1.29, 1.82) is 0 Å². The van der Waals surface area contributed by atoms with Gasteiger partial charge in [-0.3, -0.25) is 9.59 Å². The molecule has 0 aromatic heterocycles. The Morgan fingerprint density at radius 1 is 1.32 bits per heavy atom. The number of hydrogen-bond donors (Lipinski definition) is 2. The molecule has 4 aliphatic carbocycles. The fraction of sp³-hybridized carbons (Fsp3) is 0.760. The number of Topliss-reactive ketones (excluding diaryl/α,β-unsaturated/α-hetero) is 1. The van der Waals surface area contributed by atoms with Crippen LogP contribution < -0.4 is 0 Å². The largest absolute Gasteiger partial charge is 0.393 e. The maximum atomic E-state index is 13.2. The highest BCUT2D eigenvalue weighted by atomic mass is 16.7. The van der Waals surface area contributed by atoms with E-state index in [4.69, 9.17) is 9.47 Å². The molecular formula is C25H34O6. The van der Waals surface area contributed by atoms with E-state index in [2.05, 4.69) is 20.8 Å². The van der Waals surface area contributed by atoms with Crippen LogP contribution in [0.5, 0.6) is 0 Å². The highest BCUT2D eigenvalue weighted by Gasteiger charge is 2.75. The van der Waals surface area contributed by atoms with Crippen LogP contribution >= 0.6 is 0 Å². The Morgan fingerprint density at radius 3 is 2.81 bits per heavy atom.